The second-order valence-electron chi connectivity index (χ2n) is 10.0. The number of aryl methyl sites for hydroxylation is 1. The van der Waals surface area contributed by atoms with Crippen molar-refractivity contribution in [2.24, 2.45) is 5.92 Å². The molecule has 2 aromatic carbocycles. The van der Waals surface area contributed by atoms with Crippen LogP contribution in [0.2, 0.25) is 0 Å². The predicted molar refractivity (Wildman–Crippen MR) is 156 cm³/mol. The molecular weight excluding hydrogens is 482 g/mol. The van der Waals surface area contributed by atoms with E-state index in [9.17, 15) is 4.79 Å². The quantitative estimate of drug-likeness (QED) is 0.261. The fourth-order valence-electron chi connectivity index (χ4n) is 5.14. The van der Waals surface area contributed by atoms with Crippen LogP contribution in [0, 0.1) is 12.8 Å². The van der Waals surface area contributed by atoms with Gasteiger partial charge < -0.3 is 4.90 Å². The molecule has 0 spiro atoms. The Morgan fingerprint density at radius 1 is 1.14 bits per heavy atom. The molecule has 1 amide bonds. The van der Waals surface area contributed by atoms with Crippen molar-refractivity contribution in [1.29, 1.82) is 0 Å². The highest BCUT2D eigenvalue weighted by Crippen LogP contribution is 2.37. The van der Waals surface area contributed by atoms with Crippen molar-refractivity contribution >= 4 is 57.0 Å². The topological polar surface area (TPSA) is 36.4 Å². The summed E-state index contributed by atoms with van der Waals surface area (Å²) >= 11 is 6.98. The Morgan fingerprint density at radius 2 is 1.89 bits per heavy atom. The molecule has 1 atom stereocenters. The first-order chi connectivity index (χ1) is 17.4. The smallest absolute Gasteiger partial charge is 0.266 e. The molecule has 2 aliphatic rings. The number of rotatable bonds is 6. The maximum absolute atomic E-state index is 13.3. The van der Waals surface area contributed by atoms with Crippen molar-refractivity contribution in [2.75, 3.05) is 18.0 Å². The van der Waals surface area contributed by atoms with Gasteiger partial charge in [0.15, 0.2) is 0 Å². The van der Waals surface area contributed by atoms with Crippen LogP contribution in [0.1, 0.15) is 49.8 Å². The molecule has 5 rings (SSSR count). The molecular formula is C30H33N3OS2. The summed E-state index contributed by atoms with van der Waals surface area (Å²) < 4.78 is 0.647. The zero-order chi connectivity index (χ0) is 25.2. The number of hydrogen-bond donors (Lipinski definition) is 0. The standard InChI is InChI=1S/C30H33N3OS2/c1-4-21(3)33-29(34)27(36-30(33)35)19-25-18-24-16-20(2)10-11-26(24)31-28(25)32-14-12-23(13-15-32)17-22-8-6-5-7-9-22/h5-11,16,18-19,21,23H,4,12-15,17H2,1-3H3/b27-19-. The third-order valence-electron chi connectivity index (χ3n) is 7.40. The molecule has 6 heteroatoms. The molecule has 0 aliphatic carbocycles. The van der Waals surface area contributed by atoms with E-state index in [0.29, 0.717) is 15.1 Å². The largest absolute Gasteiger partial charge is 0.356 e. The summed E-state index contributed by atoms with van der Waals surface area (Å²) in [5, 5.41) is 1.10. The van der Waals surface area contributed by atoms with Crippen molar-refractivity contribution in [2.45, 2.75) is 52.5 Å². The summed E-state index contributed by atoms with van der Waals surface area (Å²) in [6, 6.07) is 19.5. The van der Waals surface area contributed by atoms with Crippen molar-refractivity contribution in [3.05, 3.63) is 76.2 Å². The van der Waals surface area contributed by atoms with Crippen LogP contribution in [0.3, 0.4) is 0 Å². The fraction of sp³-hybridized carbons (Fsp3) is 0.367. The average Bonchev–Trinajstić information content (AvgIpc) is 3.16. The van der Waals surface area contributed by atoms with Crippen LogP contribution in [0.25, 0.3) is 17.0 Å². The molecule has 1 aromatic heterocycles. The summed E-state index contributed by atoms with van der Waals surface area (Å²) in [5.41, 5.74) is 4.61. The van der Waals surface area contributed by atoms with Gasteiger partial charge in [-0.05, 0) is 75.3 Å². The van der Waals surface area contributed by atoms with Gasteiger partial charge in [0, 0.05) is 30.1 Å². The summed E-state index contributed by atoms with van der Waals surface area (Å²) in [6.07, 6.45) is 6.29. The molecule has 0 radical (unpaired) electrons. The predicted octanol–water partition coefficient (Wildman–Crippen LogP) is 7.00. The minimum Gasteiger partial charge on any atom is -0.356 e. The molecule has 2 saturated heterocycles. The van der Waals surface area contributed by atoms with Gasteiger partial charge in [0.05, 0.1) is 10.4 Å². The Balaban J connectivity index is 1.44. The van der Waals surface area contributed by atoms with Crippen molar-refractivity contribution in [1.82, 2.24) is 9.88 Å². The molecule has 0 N–H and O–H groups in total. The van der Waals surface area contributed by atoms with E-state index >= 15 is 0 Å². The average molecular weight is 516 g/mol. The van der Waals surface area contributed by atoms with Gasteiger partial charge in [-0.25, -0.2) is 4.98 Å². The number of carbonyl (C=O) groups is 1. The SMILES string of the molecule is CCC(C)N1C(=O)/C(=C/c2cc3cc(C)ccc3nc2N2CCC(Cc3ccccc3)CC2)SC1=S. The zero-order valence-electron chi connectivity index (χ0n) is 21.2. The van der Waals surface area contributed by atoms with Gasteiger partial charge in [-0.3, -0.25) is 9.69 Å². The van der Waals surface area contributed by atoms with Gasteiger partial charge in [0.2, 0.25) is 0 Å². The van der Waals surface area contributed by atoms with E-state index in [0.717, 1.165) is 61.1 Å². The normalized spacial score (nSPS) is 19.0. The van der Waals surface area contributed by atoms with Crippen LogP contribution >= 0.6 is 24.0 Å². The summed E-state index contributed by atoms with van der Waals surface area (Å²) in [7, 11) is 0. The Morgan fingerprint density at radius 3 is 2.61 bits per heavy atom. The Hall–Kier alpha value is -2.70. The molecule has 4 nitrogen and oxygen atoms in total. The number of hydrogen-bond acceptors (Lipinski definition) is 5. The number of pyridine rings is 1. The van der Waals surface area contributed by atoms with Crippen LogP contribution in [0.4, 0.5) is 5.82 Å². The van der Waals surface area contributed by atoms with E-state index in [4.69, 9.17) is 17.2 Å². The highest BCUT2D eigenvalue weighted by molar-refractivity contribution is 8.26. The third-order valence-corrected chi connectivity index (χ3v) is 8.73. The molecule has 1 unspecified atom stereocenters. The van der Waals surface area contributed by atoms with Crippen molar-refractivity contribution in [3.8, 4) is 0 Å². The van der Waals surface area contributed by atoms with Gasteiger partial charge in [0.1, 0.15) is 10.1 Å². The van der Waals surface area contributed by atoms with Crippen LogP contribution in [-0.2, 0) is 11.2 Å². The molecule has 0 saturated carbocycles. The van der Waals surface area contributed by atoms with Crippen LogP contribution in [0.5, 0.6) is 0 Å². The Labute approximate surface area is 223 Å². The van der Waals surface area contributed by atoms with E-state index in [1.165, 1.54) is 22.9 Å². The Bertz CT molecular complexity index is 1310. The molecule has 2 aliphatic heterocycles. The fourth-order valence-corrected chi connectivity index (χ4v) is 6.59. The number of nitrogens with zero attached hydrogens (tertiary/aromatic N) is 3. The lowest BCUT2D eigenvalue weighted by molar-refractivity contribution is -0.123. The second kappa shape index (κ2) is 10.7. The molecule has 2 fully saturated rings. The number of thiocarbonyl (C=S) groups is 1. The summed E-state index contributed by atoms with van der Waals surface area (Å²) in [4.78, 5) is 23.2. The highest BCUT2D eigenvalue weighted by Gasteiger charge is 2.35. The lowest BCUT2D eigenvalue weighted by atomic mass is 9.90. The summed E-state index contributed by atoms with van der Waals surface area (Å²) in [5.74, 6) is 1.66. The van der Waals surface area contributed by atoms with Crippen molar-refractivity contribution < 1.29 is 4.79 Å². The minimum atomic E-state index is 0.0104. The number of benzene rings is 2. The van der Waals surface area contributed by atoms with Gasteiger partial charge in [-0.15, -0.1) is 0 Å². The number of aromatic nitrogens is 1. The minimum absolute atomic E-state index is 0.0104. The number of amides is 1. The number of piperidine rings is 1. The molecule has 3 heterocycles. The van der Waals surface area contributed by atoms with Crippen LogP contribution in [-0.4, -0.2) is 39.2 Å². The third kappa shape index (κ3) is 5.21. The summed E-state index contributed by atoms with van der Waals surface area (Å²) in [6.45, 7) is 8.18. The van der Waals surface area contributed by atoms with Crippen LogP contribution < -0.4 is 4.90 Å². The maximum Gasteiger partial charge on any atom is 0.266 e. The Kier molecular flexibility index (Phi) is 7.44. The zero-order valence-corrected chi connectivity index (χ0v) is 22.9. The lowest BCUT2D eigenvalue weighted by Crippen LogP contribution is -2.36. The van der Waals surface area contributed by atoms with Crippen LogP contribution in [0.15, 0.2) is 59.5 Å². The molecule has 186 valence electrons. The highest BCUT2D eigenvalue weighted by atomic mass is 32.2. The molecule has 3 aromatic rings. The number of carbonyl (C=O) groups excluding carboxylic acids is 1. The van der Waals surface area contributed by atoms with Gasteiger partial charge in [-0.2, -0.15) is 0 Å². The number of thioether (sulfide) groups is 1. The monoisotopic (exact) mass is 515 g/mol. The lowest BCUT2D eigenvalue weighted by Gasteiger charge is -2.34. The first kappa shape index (κ1) is 25.0. The second-order valence-corrected chi connectivity index (χ2v) is 11.7. The van der Waals surface area contributed by atoms with E-state index in [1.807, 2.05) is 6.08 Å². The van der Waals surface area contributed by atoms with E-state index < -0.39 is 0 Å². The number of anilines is 1. The molecule has 0 bridgehead atoms. The van der Waals surface area contributed by atoms with Gasteiger partial charge in [-0.1, -0.05) is 72.9 Å². The van der Waals surface area contributed by atoms with Gasteiger partial charge >= 0.3 is 0 Å². The van der Waals surface area contributed by atoms with E-state index in [1.54, 1.807) is 4.90 Å². The van der Waals surface area contributed by atoms with Gasteiger partial charge in [0.25, 0.3) is 5.91 Å². The van der Waals surface area contributed by atoms with E-state index in [-0.39, 0.29) is 11.9 Å². The van der Waals surface area contributed by atoms with E-state index in [2.05, 4.69) is 80.3 Å². The first-order valence-corrected chi connectivity index (χ1v) is 14.1. The van der Waals surface area contributed by atoms with Crippen molar-refractivity contribution in [3.63, 3.8) is 0 Å². The maximum atomic E-state index is 13.3. The number of fused-ring (bicyclic) bond motifs is 1. The molecule has 36 heavy (non-hydrogen) atoms. The first-order valence-electron chi connectivity index (χ1n) is 12.9.